The summed E-state index contributed by atoms with van der Waals surface area (Å²) in [6, 6.07) is 11.4. The van der Waals surface area contributed by atoms with Gasteiger partial charge in [0.2, 0.25) is 0 Å². The predicted molar refractivity (Wildman–Crippen MR) is 82.2 cm³/mol. The van der Waals surface area contributed by atoms with Gasteiger partial charge in [-0.05, 0) is 31.9 Å². The van der Waals surface area contributed by atoms with E-state index in [9.17, 15) is 0 Å². The monoisotopic (exact) mass is 263 g/mol. The highest BCUT2D eigenvalue weighted by Gasteiger charge is 2.25. The number of hydrogen-bond donors (Lipinski definition) is 1. The van der Waals surface area contributed by atoms with Gasteiger partial charge < -0.3 is 5.32 Å². The van der Waals surface area contributed by atoms with E-state index < -0.39 is 0 Å². The molecule has 100 valence electrons. The maximum absolute atomic E-state index is 3.52. The van der Waals surface area contributed by atoms with Crippen molar-refractivity contribution in [3.8, 4) is 0 Å². The first kappa shape index (κ1) is 14.0. The minimum absolute atomic E-state index is 0.488. The Labute approximate surface area is 116 Å². The van der Waals surface area contributed by atoms with E-state index in [4.69, 9.17) is 0 Å². The van der Waals surface area contributed by atoms with Crippen LogP contribution in [0.3, 0.4) is 0 Å². The molecule has 1 nitrogen and oxygen atoms in total. The third kappa shape index (κ3) is 3.52. The fourth-order valence-corrected chi connectivity index (χ4v) is 4.65. The van der Waals surface area contributed by atoms with Crippen LogP contribution in [0.4, 0.5) is 0 Å². The number of thioether (sulfide) groups is 1. The van der Waals surface area contributed by atoms with Crippen LogP contribution in [-0.4, -0.2) is 17.5 Å². The molecule has 1 N–H and O–H groups in total. The average molecular weight is 263 g/mol. The summed E-state index contributed by atoms with van der Waals surface area (Å²) in [6.45, 7) is 2.32. The zero-order valence-electron chi connectivity index (χ0n) is 11.6. The van der Waals surface area contributed by atoms with Gasteiger partial charge in [-0.1, -0.05) is 50.1 Å². The van der Waals surface area contributed by atoms with Crippen molar-refractivity contribution in [2.45, 2.75) is 55.6 Å². The molecule has 1 fully saturated rings. The highest BCUT2D eigenvalue weighted by Crippen LogP contribution is 2.38. The van der Waals surface area contributed by atoms with Crippen LogP contribution in [0.5, 0.6) is 0 Å². The number of hydrogen-bond acceptors (Lipinski definition) is 2. The maximum atomic E-state index is 3.52. The van der Waals surface area contributed by atoms with Crippen LogP contribution in [0.1, 0.15) is 50.6 Å². The van der Waals surface area contributed by atoms with Crippen molar-refractivity contribution < 1.29 is 0 Å². The zero-order chi connectivity index (χ0) is 12.8. The molecule has 0 radical (unpaired) electrons. The van der Waals surface area contributed by atoms with E-state index in [-0.39, 0.29) is 0 Å². The molecular formula is C16H25NS. The standard InChI is InChI=1S/C16H25NS/c1-3-15(18-14-11-7-8-12-14)16(17-2)13-9-5-4-6-10-13/h4-6,9-10,14-17H,3,7-8,11-12H2,1-2H3. The lowest BCUT2D eigenvalue weighted by Gasteiger charge is -2.28. The normalized spacial score (nSPS) is 19.9. The van der Waals surface area contributed by atoms with Crippen LogP contribution in [0.25, 0.3) is 0 Å². The first-order valence-corrected chi connectivity index (χ1v) is 8.17. The summed E-state index contributed by atoms with van der Waals surface area (Å²) >= 11 is 2.22. The third-order valence-corrected chi connectivity index (χ3v) is 5.72. The molecule has 0 amide bonds. The molecule has 0 aromatic heterocycles. The highest BCUT2D eigenvalue weighted by atomic mass is 32.2. The van der Waals surface area contributed by atoms with E-state index in [1.165, 1.54) is 37.7 Å². The van der Waals surface area contributed by atoms with Gasteiger partial charge in [-0.3, -0.25) is 0 Å². The van der Waals surface area contributed by atoms with Crippen molar-refractivity contribution in [3.05, 3.63) is 35.9 Å². The van der Waals surface area contributed by atoms with Crippen LogP contribution >= 0.6 is 11.8 Å². The fourth-order valence-electron chi connectivity index (χ4n) is 2.91. The lowest BCUT2D eigenvalue weighted by molar-refractivity contribution is 0.553. The number of rotatable bonds is 6. The summed E-state index contributed by atoms with van der Waals surface area (Å²) in [4.78, 5) is 0. The average Bonchev–Trinajstić information content (AvgIpc) is 2.92. The molecule has 2 unspecified atom stereocenters. The summed E-state index contributed by atoms with van der Waals surface area (Å²) in [5, 5.41) is 5.12. The molecule has 0 aliphatic heterocycles. The van der Waals surface area contributed by atoms with Crippen LogP contribution in [0, 0.1) is 0 Å². The third-order valence-electron chi connectivity index (χ3n) is 3.91. The Kier molecular flexibility index (Phi) is 5.58. The molecule has 2 atom stereocenters. The van der Waals surface area contributed by atoms with Crippen molar-refractivity contribution in [1.29, 1.82) is 0 Å². The Hall–Kier alpha value is -0.470. The van der Waals surface area contributed by atoms with Crippen LogP contribution in [-0.2, 0) is 0 Å². The smallest absolute Gasteiger partial charge is 0.0438 e. The Morgan fingerprint density at radius 1 is 1.22 bits per heavy atom. The maximum Gasteiger partial charge on any atom is 0.0438 e. The Morgan fingerprint density at radius 3 is 2.44 bits per heavy atom. The molecule has 1 aromatic rings. The Bertz CT molecular complexity index is 332. The van der Waals surface area contributed by atoms with Crippen molar-refractivity contribution in [2.24, 2.45) is 0 Å². The summed E-state index contributed by atoms with van der Waals surface area (Å²) in [5.74, 6) is 0. The molecule has 0 spiro atoms. The van der Waals surface area contributed by atoms with E-state index >= 15 is 0 Å². The lowest BCUT2D eigenvalue weighted by Crippen LogP contribution is -2.28. The molecule has 0 heterocycles. The zero-order valence-corrected chi connectivity index (χ0v) is 12.4. The van der Waals surface area contributed by atoms with E-state index in [0.717, 1.165) is 5.25 Å². The largest absolute Gasteiger partial charge is 0.312 e. The summed E-state index contributed by atoms with van der Waals surface area (Å²) in [7, 11) is 2.09. The summed E-state index contributed by atoms with van der Waals surface area (Å²) in [6.07, 6.45) is 6.95. The van der Waals surface area contributed by atoms with Gasteiger partial charge in [0, 0.05) is 16.5 Å². The Balaban J connectivity index is 2.03. The van der Waals surface area contributed by atoms with E-state index in [0.29, 0.717) is 11.3 Å². The fraction of sp³-hybridized carbons (Fsp3) is 0.625. The van der Waals surface area contributed by atoms with Crippen LogP contribution < -0.4 is 5.32 Å². The predicted octanol–water partition coefficient (Wildman–Crippen LogP) is 4.40. The SMILES string of the molecule is CCC(SC1CCCC1)C(NC)c1ccccc1. The van der Waals surface area contributed by atoms with Gasteiger partial charge in [0.25, 0.3) is 0 Å². The topological polar surface area (TPSA) is 12.0 Å². The molecule has 18 heavy (non-hydrogen) atoms. The first-order valence-electron chi connectivity index (χ1n) is 7.22. The molecule has 1 aliphatic carbocycles. The van der Waals surface area contributed by atoms with Gasteiger partial charge in [0.1, 0.15) is 0 Å². The second kappa shape index (κ2) is 7.20. The highest BCUT2D eigenvalue weighted by molar-refractivity contribution is 8.00. The lowest BCUT2D eigenvalue weighted by atomic mass is 10.0. The van der Waals surface area contributed by atoms with E-state index in [1.54, 1.807) is 0 Å². The molecule has 2 rings (SSSR count). The quantitative estimate of drug-likeness (QED) is 0.816. The van der Waals surface area contributed by atoms with Gasteiger partial charge >= 0.3 is 0 Å². The van der Waals surface area contributed by atoms with Gasteiger partial charge in [-0.15, -0.1) is 0 Å². The molecule has 0 bridgehead atoms. The second-order valence-corrected chi connectivity index (χ2v) is 6.71. The van der Waals surface area contributed by atoms with Crippen molar-refractivity contribution in [1.82, 2.24) is 5.32 Å². The van der Waals surface area contributed by atoms with Crippen molar-refractivity contribution in [3.63, 3.8) is 0 Å². The minimum Gasteiger partial charge on any atom is -0.312 e. The molecule has 1 aromatic carbocycles. The van der Waals surface area contributed by atoms with Gasteiger partial charge in [0.05, 0.1) is 0 Å². The van der Waals surface area contributed by atoms with Crippen LogP contribution in [0.2, 0.25) is 0 Å². The molecule has 2 heteroatoms. The van der Waals surface area contributed by atoms with Crippen molar-refractivity contribution in [2.75, 3.05) is 7.05 Å². The van der Waals surface area contributed by atoms with Gasteiger partial charge in [-0.2, -0.15) is 11.8 Å². The molecule has 1 aliphatic rings. The van der Waals surface area contributed by atoms with Gasteiger partial charge in [0.15, 0.2) is 0 Å². The Morgan fingerprint density at radius 2 is 1.89 bits per heavy atom. The number of benzene rings is 1. The summed E-state index contributed by atoms with van der Waals surface area (Å²) < 4.78 is 0. The number of nitrogens with one attached hydrogen (secondary N) is 1. The molecular weight excluding hydrogens is 238 g/mol. The summed E-state index contributed by atoms with van der Waals surface area (Å²) in [5.41, 5.74) is 1.43. The molecule has 1 saturated carbocycles. The van der Waals surface area contributed by atoms with Gasteiger partial charge in [-0.25, -0.2) is 0 Å². The van der Waals surface area contributed by atoms with Crippen LogP contribution in [0.15, 0.2) is 30.3 Å². The van der Waals surface area contributed by atoms with E-state index in [1.807, 2.05) is 0 Å². The van der Waals surface area contributed by atoms with Crippen molar-refractivity contribution >= 4 is 11.8 Å². The van der Waals surface area contributed by atoms with E-state index in [2.05, 4.69) is 61.4 Å². The first-order chi connectivity index (χ1) is 8.85. The molecule has 0 saturated heterocycles. The second-order valence-electron chi connectivity index (χ2n) is 5.17. The minimum atomic E-state index is 0.488.